The highest BCUT2D eigenvalue weighted by molar-refractivity contribution is 6.33. The van der Waals surface area contributed by atoms with Crippen LogP contribution in [0.5, 0.6) is 17.2 Å². The van der Waals surface area contributed by atoms with Gasteiger partial charge in [-0.2, -0.15) is 0 Å². The molecule has 6 heteroatoms. The fourth-order valence-corrected chi connectivity index (χ4v) is 3.38. The van der Waals surface area contributed by atoms with Crippen LogP contribution < -0.4 is 19.5 Å². The molecule has 0 aliphatic carbocycles. The Labute approximate surface area is 179 Å². The number of benzene rings is 2. The van der Waals surface area contributed by atoms with Gasteiger partial charge < -0.3 is 24.3 Å². The van der Waals surface area contributed by atoms with Gasteiger partial charge in [0.05, 0.1) is 38.1 Å². The fraction of sp³-hybridized carbons (Fsp3) is 0.478. The molecule has 0 saturated heterocycles. The van der Waals surface area contributed by atoms with Crippen LogP contribution in [-0.4, -0.2) is 40.0 Å². The third-order valence-corrected chi connectivity index (χ3v) is 4.86. The fourth-order valence-electron chi connectivity index (χ4n) is 3.05. The van der Waals surface area contributed by atoms with Crippen molar-refractivity contribution in [1.82, 2.24) is 5.32 Å². The summed E-state index contributed by atoms with van der Waals surface area (Å²) in [5, 5.41) is 4.08. The Morgan fingerprint density at radius 2 is 1.62 bits per heavy atom. The number of ether oxygens (including phenoxy) is 4. The average Bonchev–Trinajstić information content (AvgIpc) is 2.70. The molecule has 2 aromatic rings. The molecule has 1 atom stereocenters. The molecule has 0 aromatic heterocycles. The summed E-state index contributed by atoms with van der Waals surface area (Å²) in [6, 6.07) is 11.8. The third-order valence-electron chi connectivity index (χ3n) is 4.45. The number of nitrogens with one attached hydrogen (secondary N) is 1. The molecule has 2 aromatic carbocycles. The predicted molar refractivity (Wildman–Crippen MR) is 118 cm³/mol. The van der Waals surface area contributed by atoms with Crippen molar-refractivity contribution in [2.45, 2.75) is 38.9 Å². The van der Waals surface area contributed by atoms with E-state index in [2.05, 4.69) is 26.1 Å². The zero-order valence-electron chi connectivity index (χ0n) is 18.2. The smallest absolute Gasteiger partial charge is 0.179 e. The van der Waals surface area contributed by atoms with E-state index in [4.69, 9.17) is 30.5 Å². The maximum Gasteiger partial charge on any atom is 0.179 e. The molecule has 0 fully saturated rings. The lowest BCUT2D eigenvalue weighted by atomic mass is 10.1. The number of hydrogen-bond donors (Lipinski definition) is 1. The summed E-state index contributed by atoms with van der Waals surface area (Å²) < 4.78 is 22.2. The average molecular weight is 422 g/mol. The molecule has 0 saturated carbocycles. The van der Waals surface area contributed by atoms with Crippen LogP contribution in [0.4, 0.5) is 0 Å². The van der Waals surface area contributed by atoms with E-state index in [-0.39, 0.29) is 11.7 Å². The van der Waals surface area contributed by atoms with Crippen LogP contribution in [0.1, 0.15) is 38.0 Å². The largest absolute Gasteiger partial charge is 0.497 e. The quantitative estimate of drug-likeness (QED) is 0.543. The Bertz CT molecular complexity index is 772. The summed E-state index contributed by atoms with van der Waals surface area (Å²) in [4.78, 5) is 0. The Kier molecular flexibility index (Phi) is 8.62. The second kappa shape index (κ2) is 10.7. The zero-order chi connectivity index (χ0) is 21.4. The SMILES string of the molecule is COc1ccc([C@H](CNCCc2ccc(OC)c(OC)c2Cl)OC(C)(C)C)cc1. The molecule has 0 bridgehead atoms. The Morgan fingerprint density at radius 1 is 0.931 bits per heavy atom. The van der Waals surface area contributed by atoms with Gasteiger partial charge in [0, 0.05) is 6.54 Å². The minimum absolute atomic E-state index is 0.0678. The molecule has 2 rings (SSSR count). The van der Waals surface area contributed by atoms with Crippen LogP contribution in [0.25, 0.3) is 0 Å². The molecular formula is C23H32ClNO4. The van der Waals surface area contributed by atoms with Gasteiger partial charge >= 0.3 is 0 Å². The molecular weight excluding hydrogens is 390 g/mol. The molecule has 5 nitrogen and oxygen atoms in total. The highest BCUT2D eigenvalue weighted by Crippen LogP contribution is 2.37. The van der Waals surface area contributed by atoms with E-state index in [0.29, 0.717) is 23.1 Å². The molecule has 0 aliphatic heterocycles. The first-order valence-corrected chi connectivity index (χ1v) is 10.1. The Morgan fingerprint density at radius 3 is 2.17 bits per heavy atom. The van der Waals surface area contributed by atoms with Crippen LogP contribution >= 0.6 is 11.6 Å². The van der Waals surface area contributed by atoms with Crippen molar-refractivity contribution in [3.8, 4) is 17.2 Å². The van der Waals surface area contributed by atoms with Crippen molar-refractivity contribution in [3.63, 3.8) is 0 Å². The summed E-state index contributed by atoms with van der Waals surface area (Å²) in [5.41, 5.74) is 1.87. The van der Waals surface area contributed by atoms with Crippen LogP contribution in [-0.2, 0) is 11.2 Å². The standard InChI is InChI=1S/C23H32ClNO4/c1-23(2,3)29-20(16-7-10-18(26-4)11-8-16)15-25-14-13-17-9-12-19(27-5)22(28-6)21(17)24/h7-12,20,25H,13-15H2,1-6H3/t20-/m0/s1. The summed E-state index contributed by atoms with van der Waals surface area (Å²) >= 11 is 6.48. The maximum absolute atomic E-state index is 6.48. The topological polar surface area (TPSA) is 49.0 Å². The number of hydrogen-bond acceptors (Lipinski definition) is 5. The summed E-state index contributed by atoms with van der Waals surface area (Å²) in [5.74, 6) is 2.03. The van der Waals surface area contributed by atoms with E-state index >= 15 is 0 Å². The first-order valence-electron chi connectivity index (χ1n) is 9.71. The summed E-state index contributed by atoms with van der Waals surface area (Å²) in [6.07, 6.45) is 0.700. The first kappa shape index (κ1) is 23.3. The predicted octanol–water partition coefficient (Wildman–Crippen LogP) is 5.05. The van der Waals surface area contributed by atoms with Crippen LogP contribution in [0.15, 0.2) is 36.4 Å². The molecule has 0 aliphatic rings. The molecule has 0 unspecified atom stereocenters. The Hall–Kier alpha value is -1.95. The third kappa shape index (κ3) is 6.81. The first-order chi connectivity index (χ1) is 13.8. The van der Waals surface area contributed by atoms with Gasteiger partial charge in [-0.15, -0.1) is 0 Å². The van der Waals surface area contributed by atoms with E-state index in [0.717, 1.165) is 29.8 Å². The highest BCUT2D eigenvalue weighted by atomic mass is 35.5. The van der Waals surface area contributed by atoms with Crippen molar-refractivity contribution in [2.75, 3.05) is 34.4 Å². The second-order valence-corrected chi connectivity index (χ2v) is 8.10. The molecule has 0 spiro atoms. The molecule has 160 valence electrons. The van der Waals surface area contributed by atoms with Crippen molar-refractivity contribution in [2.24, 2.45) is 0 Å². The van der Waals surface area contributed by atoms with Crippen molar-refractivity contribution in [1.29, 1.82) is 0 Å². The van der Waals surface area contributed by atoms with Crippen LogP contribution in [0.2, 0.25) is 5.02 Å². The number of halogens is 1. The monoisotopic (exact) mass is 421 g/mol. The van der Waals surface area contributed by atoms with Crippen molar-refractivity contribution >= 4 is 11.6 Å². The lowest BCUT2D eigenvalue weighted by Gasteiger charge is -2.28. The highest BCUT2D eigenvalue weighted by Gasteiger charge is 2.20. The minimum Gasteiger partial charge on any atom is -0.497 e. The van der Waals surface area contributed by atoms with Gasteiger partial charge in [-0.25, -0.2) is 0 Å². The van der Waals surface area contributed by atoms with Gasteiger partial charge in [-0.3, -0.25) is 0 Å². The molecule has 0 heterocycles. The van der Waals surface area contributed by atoms with E-state index in [9.17, 15) is 0 Å². The van der Waals surface area contributed by atoms with Gasteiger partial charge in [0.15, 0.2) is 11.5 Å². The molecule has 1 N–H and O–H groups in total. The van der Waals surface area contributed by atoms with Crippen LogP contribution in [0, 0.1) is 0 Å². The summed E-state index contributed by atoms with van der Waals surface area (Å²) in [7, 11) is 4.86. The van der Waals surface area contributed by atoms with Crippen LogP contribution in [0.3, 0.4) is 0 Å². The van der Waals surface area contributed by atoms with Crippen molar-refractivity contribution in [3.05, 3.63) is 52.5 Å². The Balaban J connectivity index is 2.01. The molecule has 0 radical (unpaired) electrons. The van der Waals surface area contributed by atoms with Gasteiger partial charge in [-0.05, 0) is 63.1 Å². The zero-order valence-corrected chi connectivity index (χ0v) is 18.9. The lowest BCUT2D eigenvalue weighted by molar-refractivity contribution is -0.0605. The second-order valence-electron chi connectivity index (χ2n) is 7.72. The minimum atomic E-state index is -0.251. The van der Waals surface area contributed by atoms with Gasteiger partial charge in [0.1, 0.15) is 5.75 Å². The lowest BCUT2D eigenvalue weighted by Crippen LogP contribution is -2.31. The molecule has 29 heavy (non-hydrogen) atoms. The van der Waals surface area contributed by atoms with Gasteiger partial charge in [0.25, 0.3) is 0 Å². The number of rotatable bonds is 10. The number of methoxy groups -OCH3 is 3. The van der Waals surface area contributed by atoms with E-state index in [1.807, 2.05) is 36.4 Å². The molecule has 0 amide bonds. The summed E-state index contributed by atoms with van der Waals surface area (Å²) in [6.45, 7) is 7.64. The maximum atomic E-state index is 6.48. The van der Waals surface area contributed by atoms with E-state index in [1.54, 1.807) is 21.3 Å². The van der Waals surface area contributed by atoms with Gasteiger partial charge in [-0.1, -0.05) is 29.8 Å². The van der Waals surface area contributed by atoms with Gasteiger partial charge in [0.2, 0.25) is 0 Å². The van der Waals surface area contributed by atoms with Crippen molar-refractivity contribution < 1.29 is 18.9 Å². The van der Waals surface area contributed by atoms with E-state index < -0.39 is 0 Å². The van der Waals surface area contributed by atoms with E-state index in [1.165, 1.54) is 0 Å². The normalized spacial score (nSPS) is 12.5.